The van der Waals surface area contributed by atoms with E-state index >= 15 is 0 Å². The van der Waals surface area contributed by atoms with Crippen molar-refractivity contribution in [3.8, 4) is 0 Å². The monoisotopic (exact) mass is 249 g/mol. The number of carbonyl (C=O) groups is 1. The van der Waals surface area contributed by atoms with E-state index < -0.39 is 17.5 Å². The summed E-state index contributed by atoms with van der Waals surface area (Å²) in [6, 6.07) is 6.14. The number of furan rings is 1. The number of nitrogens with one attached hydrogen (secondary N) is 1. The molecule has 0 saturated heterocycles. The molecule has 0 fully saturated rings. The average Bonchev–Trinajstić information content (AvgIpc) is 2.77. The fourth-order valence-electron chi connectivity index (χ4n) is 1.35. The Hall–Kier alpha value is -2.43. The lowest BCUT2D eigenvalue weighted by atomic mass is 10.3. The molecule has 1 N–H and O–H groups in total. The van der Waals surface area contributed by atoms with Gasteiger partial charge in [-0.05, 0) is 30.3 Å². The fourth-order valence-corrected chi connectivity index (χ4v) is 1.35. The molecule has 18 heavy (non-hydrogen) atoms. The molecular formula is C13H9F2NO2. The lowest BCUT2D eigenvalue weighted by Crippen LogP contribution is -2.08. The Kier molecular flexibility index (Phi) is 3.52. The summed E-state index contributed by atoms with van der Waals surface area (Å²) in [4.78, 5) is 11.4. The summed E-state index contributed by atoms with van der Waals surface area (Å²) in [5.41, 5.74) is 0.0570. The van der Waals surface area contributed by atoms with Gasteiger partial charge >= 0.3 is 0 Å². The second-order valence-corrected chi connectivity index (χ2v) is 3.50. The Morgan fingerprint density at radius 2 is 1.94 bits per heavy atom. The normalized spacial score (nSPS) is 10.8. The van der Waals surface area contributed by atoms with Crippen LogP contribution in [0.15, 0.2) is 47.1 Å². The van der Waals surface area contributed by atoms with E-state index in [0.29, 0.717) is 5.76 Å². The van der Waals surface area contributed by atoms with Gasteiger partial charge in [-0.2, -0.15) is 0 Å². The smallest absolute Gasteiger partial charge is 0.248 e. The van der Waals surface area contributed by atoms with Crippen molar-refractivity contribution in [1.29, 1.82) is 0 Å². The molecule has 1 aromatic carbocycles. The standard InChI is InChI=1S/C13H9F2NO2/c14-9-6-10(15)8-11(7-9)16-13(17)4-3-12-2-1-5-18-12/h1-8H,(H,16,17)/b4-3+. The lowest BCUT2D eigenvalue weighted by molar-refractivity contribution is -0.111. The molecule has 0 aliphatic carbocycles. The molecule has 0 bridgehead atoms. The van der Waals surface area contributed by atoms with Crippen molar-refractivity contribution < 1.29 is 18.0 Å². The maximum absolute atomic E-state index is 12.9. The van der Waals surface area contributed by atoms with E-state index in [9.17, 15) is 13.6 Å². The third kappa shape index (κ3) is 3.28. The van der Waals surface area contributed by atoms with Crippen LogP contribution in [0.1, 0.15) is 5.76 Å². The molecule has 0 atom stereocenters. The average molecular weight is 249 g/mol. The molecule has 0 saturated carbocycles. The van der Waals surface area contributed by atoms with Gasteiger partial charge in [-0.1, -0.05) is 0 Å². The van der Waals surface area contributed by atoms with E-state index in [2.05, 4.69) is 5.32 Å². The first kappa shape index (κ1) is 12.0. The second-order valence-electron chi connectivity index (χ2n) is 3.50. The minimum absolute atomic E-state index is 0.0570. The number of hydrogen-bond donors (Lipinski definition) is 1. The van der Waals surface area contributed by atoms with Gasteiger partial charge in [0.1, 0.15) is 17.4 Å². The molecule has 3 nitrogen and oxygen atoms in total. The zero-order valence-corrected chi connectivity index (χ0v) is 9.19. The molecule has 0 aliphatic heterocycles. The summed E-state index contributed by atoms with van der Waals surface area (Å²) in [5, 5.41) is 2.34. The molecule has 1 amide bonds. The van der Waals surface area contributed by atoms with E-state index in [0.717, 1.165) is 18.2 Å². The van der Waals surface area contributed by atoms with Gasteiger partial charge in [0, 0.05) is 17.8 Å². The van der Waals surface area contributed by atoms with E-state index in [-0.39, 0.29) is 5.69 Å². The number of halogens is 2. The quantitative estimate of drug-likeness (QED) is 0.849. The highest BCUT2D eigenvalue weighted by atomic mass is 19.1. The zero-order valence-electron chi connectivity index (χ0n) is 9.19. The number of benzene rings is 1. The van der Waals surface area contributed by atoms with E-state index in [1.54, 1.807) is 12.1 Å². The number of amides is 1. The Balaban J connectivity index is 2.03. The molecular weight excluding hydrogens is 240 g/mol. The summed E-state index contributed by atoms with van der Waals surface area (Å²) in [7, 11) is 0. The summed E-state index contributed by atoms with van der Waals surface area (Å²) in [5.74, 6) is -1.49. The molecule has 92 valence electrons. The topological polar surface area (TPSA) is 42.2 Å². The van der Waals surface area contributed by atoms with Crippen molar-refractivity contribution in [3.05, 3.63) is 60.1 Å². The van der Waals surface area contributed by atoms with Crippen LogP contribution in [-0.4, -0.2) is 5.91 Å². The Morgan fingerprint density at radius 1 is 1.22 bits per heavy atom. The van der Waals surface area contributed by atoms with Crippen LogP contribution < -0.4 is 5.32 Å². The zero-order chi connectivity index (χ0) is 13.0. The van der Waals surface area contributed by atoms with Crippen LogP contribution in [0.25, 0.3) is 6.08 Å². The van der Waals surface area contributed by atoms with E-state index in [4.69, 9.17) is 4.42 Å². The minimum Gasteiger partial charge on any atom is -0.465 e. The van der Waals surface area contributed by atoms with Crippen molar-refractivity contribution in [1.82, 2.24) is 0 Å². The van der Waals surface area contributed by atoms with Gasteiger partial charge in [0.15, 0.2) is 0 Å². The van der Waals surface area contributed by atoms with Crippen LogP contribution in [0.5, 0.6) is 0 Å². The Morgan fingerprint density at radius 3 is 2.56 bits per heavy atom. The molecule has 5 heteroatoms. The van der Waals surface area contributed by atoms with Crippen molar-refractivity contribution in [2.45, 2.75) is 0 Å². The molecule has 1 heterocycles. The highest BCUT2D eigenvalue weighted by Crippen LogP contribution is 2.13. The summed E-state index contributed by atoms with van der Waals surface area (Å²) < 4.78 is 30.7. The highest BCUT2D eigenvalue weighted by molar-refractivity contribution is 6.01. The molecule has 1 aromatic heterocycles. The largest absolute Gasteiger partial charge is 0.465 e. The molecule has 0 unspecified atom stereocenters. The van der Waals surface area contributed by atoms with Gasteiger partial charge in [-0.3, -0.25) is 4.79 Å². The van der Waals surface area contributed by atoms with Crippen molar-refractivity contribution in [2.75, 3.05) is 5.32 Å². The number of rotatable bonds is 3. The van der Waals surface area contributed by atoms with Gasteiger partial charge in [0.05, 0.1) is 6.26 Å². The van der Waals surface area contributed by atoms with Crippen LogP contribution in [0.4, 0.5) is 14.5 Å². The first-order valence-electron chi connectivity index (χ1n) is 5.12. The van der Waals surface area contributed by atoms with Crippen LogP contribution in [0, 0.1) is 11.6 Å². The van der Waals surface area contributed by atoms with Gasteiger partial charge in [0.2, 0.25) is 5.91 Å². The van der Waals surface area contributed by atoms with Crippen molar-refractivity contribution >= 4 is 17.7 Å². The van der Waals surface area contributed by atoms with Gasteiger partial charge < -0.3 is 9.73 Å². The lowest BCUT2D eigenvalue weighted by Gasteiger charge is -2.02. The fraction of sp³-hybridized carbons (Fsp3) is 0. The molecule has 0 aliphatic rings. The predicted molar refractivity (Wildman–Crippen MR) is 62.7 cm³/mol. The maximum atomic E-state index is 12.9. The van der Waals surface area contributed by atoms with Crippen molar-refractivity contribution in [2.24, 2.45) is 0 Å². The second kappa shape index (κ2) is 5.27. The number of hydrogen-bond acceptors (Lipinski definition) is 2. The summed E-state index contributed by atoms with van der Waals surface area (Å²) in [6.45, 7) is 0. The van der Waals surface area contributed by atoms with Crippen LogP contribution in [0.3, 0.4) is 0 Å². The van der Waals surface area contributed by atoms with Crippen LogP contribution in [0.2, 0.25) is 0 Å². The highest BCUT2D eigenvalue weighted by Gasteiger charge is 2.03. The molecule has 2 rings (SSSR count). The third-order valence-corrected chi connectivity index (χ3v) is 2.07. The van der Waals surface area contributed by atoms with Gasteiger partial charge in [-0.25, -0.2) is 8.78 Å². The summed E-state index contributed by atoms with van der Waals surface area (Å²) >= 11 is 0. The Labute approximate surface area is 102 Å². The molecule has 0 spiro atoms. The number of carbonyl (C=O) groups excluding carboxylic acids is 1. The Bertz CT molecular complexity index is 556. The first-order chi connectivity index (χ1) is 8.63. The summed E-state index contributed by atoms with van der Waals surface area (Å²) in [6.07, 6.45) is 4.13. The van der Waals surface area contributed by atoms with Crippen molar-refractivity contribution in [3.63, 3.8) is 0 Å². The number of anilines is 1. The molecule has 0 radical (unpaired) electrons. The van der Waals surface area contributed by atoms with Crippen LogP contribution >= 0.6 is 0 Å². The van der Waals surface area contributed by atoms with Gasteiger partial charge in [0.25, 0.3) is 0 Å². The SMILES string of the molecule is O=C(/C=C/c1ccco1)Nc1cc(F)cc(F)c1. The van der Waals surface area contributed by atoms with Gasteiger partial charge in [-0.15, -0.1) is 0 Å². The third-order valence-electron chi connectivity index (χ3n) is 2.07. The van der Waals surface area contributed by atoms with Crippen LogP contribution in [-0.2, 0) is 4.79 Å². The maximum Gasteiger partial charge on any atom is 0.248 e. The van der Waals surface area contributed by atoms with E-state index in [1.165, 1.54) is 18.4 Å². The predicted octanol–water partition coefficient (Wildman–Crippen LogP) is 3.21. The minimum atomic E-state index is -0.750. The first-order valence-corrected chi connectivity index (χ1v) is 5.12. The van der Waals surface area contributed by atoms with E-state index in [1.807, 2.05) is 0 Å². The molecule has 2 aromatic rings.